The summed E-state index contributed by atoms with van der Waals surface area (Å²) in [5.41, 5.74) is 0.923. The fourth-order valence-electron chi connectivity index (χ4n) is 4.06. The van der Waals surface area contributed by atoms with Gasteiger partial charge in [0.05, 0.1) is 6.42 Å². The van der Waals surface area contributed by atoms with Gasteiger partial charge < -0.3 is 15.1 Å². The lowest BCUT2D eigenvalue weighted by Crippen LogP contribution is -2.57. The third-order valence-electron chi connectivity index (χ3n) is 6.07. The van der Waals surface area contributed by atoms with Gasteiger partial charge in [0.2, 0.25) is 5.91 Å². The number of amides is 3. The third-order valence-corrected chi connectivity index (χ3v) is 6.32. The number of hydrogen-bond acceptors (Lipinski definition) is 3. The van der Waals surface area contributed by atoms with E-state index in [2.05, 4.69) is 24.1 Å². The van der Waals surface area contributed by atoms with Crippen LogP contribution in [0.25, 0.3) is 0 Å². The monoisotopic (exact) mass is 420 g/mol. The topological polar surface area (TPSA) is 55.9 Å². The van der Waals surface area contributed by atoms with Crippen molar-refractivity contribution >= 4 is 23.5 Å². The summed E-state index contributed by atoms with van der Waals surface area (Å²) in [6.45, 7) is 9.56. The molecule has 3 rings (SSSR count). The molecule has 2 heterocycles. The molecule has 2 saturated heterocycles. The molecular weight excluding hydrogens is 388 g/mol. The second-order valence-electron chi connectivity index (χ2n) is 8.69. The van der Waals surface area contributed by atoms with Gasteiger partial charge >= 0.3 is 6.03 Å². The van der Waals surface area contributed by atoms with Crippen LogP contribution >= 0.6 is 11.6 Å². The number of carbonyl (C=O) groups is 2. The molecule has 7 heteroatoms. The highest BCUT2D eigenvalue weighted by atomic mass is 35.5. The second kappa shape index (κ2) is 9.81. The standard InChI is InChI=1S/C22H33ClN4O2/c1-22(2,27-10-4-3-5-11-27)17-24-21(29)26-14-12-25(13-15-26)20(28)16-18-6-8-19(23)9-7-18/h6-9H,3-5,10-17H2,1-2H3,(H,24,29). The first-order chi connectivity index (χ1) is 13.8. The summed E-state index contributed by atoms with van der Waals surface area (Å²) in [6.07, 6.45) is 4.15. The lowest BCUT2D eigenvalue weighted by Gasteiger charge is -2.41. The van der Waals surface area contributed by atoms with Gasteiger partial charge in [-0.15, -0.1) is 0 Å². The molecule has 0 atom stereocenters. The molecule has 0 saturated carbocycles. The number of benzene rings is 1. The Balaban J connectivity index is 1.41. The minimum Gasteiger partial charge on any atom is -0.339 e. The van der Waals surface area contributed by atoms with Crippen molar-refractivity contribution in [3.05, 3.63) is 34.9 Å². The largest absolute Gasteiger partial charge is 0.339 e. The maximum Gasteiger partial charge on any atom is 0.317 e. The number of halogens is 1. The van der Waals surface area contributed by atoms with Gasteiger partial charge in [0.25, 0.3) is 0 Å². The number of likely N-dealkylation sites (tertiary alicyclic amines) is 1. The van der Waals surface area contributed by atoms with Crippen LogP contribution in [-0.2, 0) is 11.2 Å². The van der Waals surface area contributed by atoms with Gasteiger partial charge in [-0.3, -0.25) is 9.69 Å². The van der Waals surface area contributed by atoms with Gasteiger partial charge in [0.15, 0.2) is 0 Å². The van der Waals surface area contributed by atoms with E-state index in [-0.39, 0.29) is 17.5 Å². The minimum atomic E-state index is -0.0353. The first-order valence-electron chi connectivity index (χ1n) is 10.7. The quantitative estimate of drug-likeness (QED) is 0.796. The van der Waals surface area contributed by atoms with Gasteiger partial charge in [0, 0.05) is 43.3 Å². The van der Waals surface area contributed by atoms with E-state index in [0.717, 1.165) is 18.7 Å². The van der Waals surface area contributed by atoms with E-state index < -0.39 is 0 Å². The lowest BCUT2D eigenvalue weighted by molar-refractivity contribution is -0.131. The summed E-state index contributed by atoms with van der Waals surface area (Å²) in [4.78, 5) is 31.3. The fourth-order valence-corrected chi connectivity index (χ4v) is 4.19. The molecule has 2 fully saturated rings. The van der Waals surface area contributed by atoms with Crippen LogP contribution in [0.2, 0.25) is 5.02 Å². The van der Waals surface area contributed by atoms with Crippen molar-refractivity contribution in [2.45, 2.75) is 45.1 Å². The lowest BCUT2D eigenvalue weighted by atomic mass is 9.98. The summed E-state index contributed by atoms with van der Waals surface area (Å²) in [5.74, 6) is 0.0959. The highest BCUT2D eigenvalue weighted by molar-refractivity contribution is 6.30. The highest BCUT2D eigenvalue weighted by Gasteiger charge is 2.30. The Bertz CT molecular complexity index is 693. The van der Waals surface area contributed by atoms with Crippen LogP contribution in [0.5, 0.6) is 0 Å². The summed E-state index contributed by atoms with van der Waals surface area (Å²) in [7, 11) is 0. The first kappa shape index (κ1) is 21.9. The predicted octanol–water partition coefficient (Wildman–Crippen LogP) is 3.00. The maximum atomic E-state index is 12.6. The molecule has 3 amide bonds. The zero-order valence-corrected chi connectivity index (χ0v) is 18.4. The second-order valence-corrected chi connectivity index (χ2v) is 9.13. The Morgan fingerprint density at radius 1 is 0.931 bits per heavy atom. The van der Waals surface area contributed by atoms with E-state index in [1.165, 1.54) is 19.3 Å². The van der Waals surface area contributed by atoms with E-state index in [0.29, 0.717) is 44.2 Å². The van der Waals surface area contributed by atoms with Crippen molar-refractivity contribution in [1.82, 2.24) is 20.0 Å². The Hall–Kier alpha value is -1.79. The average Bonchev–Trinajstić information content (AvgIpc) is 2.74. The van der Waals surface area contributed by atoms with Crippen LogP contribution in [0.4, 0.5) is 4.79 Å². The molecule has 2 aliphatic heterocycles. The highest BCUT2D eigenvalue weighted by Crippen LogP contribution is 2.20. The van der Waals surface area contributed by atoms with Crippen molar-refractivity contribution < 1.29 is 9.59 Å². The zero-order valence-electron chi connectivity index (χ0n) is 17.6. The van der Waals surface area contributed by atoms with Crippen molar-refractivity contribution in [2.24, 2.45) is 0 Å². The fraction of sp³-hybridized carbons (Fsp3) is 0.636. The number of nitrogens with one attached hydrogen (secondary N) is 1. The molecule has 2 aliphatic rings. The van der Waals surface area contributed by atoms with Gasteiger partial charge in [-0.2, -0.15) is 0 Å². The number of urea groups is 1. The molecule has 0 bridgehead atoms. The SMILES string of the molecule is CC(C)(CNC(=O)N1CCN(C(=O)Cc2ccc(Cl)cc2)CC1)N1CCCCC1. The molecule has 160 valence electrons. The molecule has 29 heavy (non-hydrogen) atoms. The first-order valence-corrected chi connectivity index (χ1v) is 11.0. The molecule has 6 nitrogen and oxygen atoms in total. The molecule has 1 aromatic carbocycles. The Kier molecular flexibility index (Phi) is 7.41. The summed E-state index contributed by atoms with van der Waals surface area (Å²) < 4.78 is 0. The van der Waals surface area contributed by atoms with Crippen molar-refractivity contribution in [3.8, 4) is 0 Å². The zero-order chi connectivity index (χ0) is 20.9. The Morgan fingerprint density at radius 3 is 2.14 bits per heavy atom. The van der Waals surface area contributed by atoms with E-state index >= 15 is 0 Å². The molecule has 0 radical (unpaired) electrons. The van der Waals surface area contributed by atoms with Crippen molar-refractivity contribution in [2.75, 3.05) is 45.8 Å². The smallest absolute Gasteiger partial charge is 0.317 e. The van der Waals surface area contributed by atoms with E-state index in [1.807, 2.05) is 21.9 Å². The van der Waals surface area contributed by atoms with E-state index in [1.54, 1.807) is 12.1 Å². The number of nitrogens with zero attached hydrogens (tertiary/aromatic N) is 3. The van der Waals surface area contributed by atoms with Crippen LogP contribution in [0.3, 0.4) is 0 Å². The minimum absolute atomic E-state index is 0.0279. The molecule has 0 spiro atoms. The number of hydrogen-bond donors (Lipinski definition) is 1. The van der Waals surface area contributed by atoms with Crippen molar-refractivity contribution in [1.29, 1.82) is 0 Å². The van der Waals surface area contributed by atoms with Gasteiger partial charge in [0.1, 0.15) is 0 Å². The number of piperidine rings is 1. The molecule has 0 aromatic heterocycles. The number of rotatable bonds is 5. The van der Waals surface area contributed by atoms with Crippen molar-refractivity contribution in [3.63, 3.8) is 0 Å². The third kappa shape index (κ3) is 6.09. The summed E-state index contributed by atoms with van der Waals surface area (Å²) in [5, 5.41) is 3.78. The molecule has 0 aliphatic carbocycles. The van der Waals surface area contributed by atoms with Gasteiger partial charge in [-0.1, -0.05) is 30.2 Å². The average molecular weight is 421 g/mol. The summed E-state index contributed by atoms with van der Waals surface area (Å²) in [6, 6.07) is 7.34. The van der Waals surface area contributed by atoms with Gasteiger partial charge in [-0.25, -0.2) is 4.79 Å². The molecular formula is C22H33ClN4O2. The van der Waals surface area contributed by atoms with E-state index in [9.17, 15) is 9.59 Å². The molecule has 1 N–H and O–H groups in total. The normalized spacial score (nSPS) is 18.6. The summed E-state index contributed by atoms with van der Waals surface area (Å²) >= 11 is 5.90. The van der Waals surface area contributed by atoms with Gasteiger partial charge in [-0.05, 0) is 57.5 Å². The molecule has 0 unspecified atom stereocenters. The number of piperazine rings is 1. The van der Waals surface area contributed by atoms with Crippen LogP contribution in [0, 0.1) is 0 Å². The van der Waals surface area contributed by atoms with Crippen LogP contribution in [0.1, 0.15) is 38.7 Å². The van der Waals surface area contributed by atoms with Crippen LogP contribution < -0.4 is 5.32 Å². The van der Waals surface area contributed by atoms with E-state index in [4.69, 9.17) is 11.6 Å². The maximum absolute atomic E-state index is 12.6. The predicted molar refractivity (Wildman–Crippen MR) is 116 cm³/mol. The van der Waals surface area contributed by atoms with Crippen LogP contribution in [-0.4, -0.2) is 78.0 Å². The van der Waals surface area contributed by atoms with Crippen LogP contribution in [0.15, 0.2) is 24.3 Å². The Labute approximate surface area is 179 Å². The molecule has 1 aromatic rings. The Morgan fingerprint density at radius 2 is 1.52 bits per heavy atom. The number of carbonyl (C=O) groups excluding carboxylic acids is 2.